The van der Waals surface area contributed by atoms with Crippen molar-refractivity contribution in [2.24, 2.45) is 0 Å². The molecule has 8 heteroatoms. The quantitative estimate of drug-likeness (QED) is 0.279. The van der Waals surface area contributed by atoms with Gasteiger partial charge in [0.25, 0.3) is 9.05 Å². The SMILES string of the molecule is CCC(O)=C1C(=O)CC(c2ccc(SC)c(S(=O)(=O)Cl)c2)CC1=O. The van der Waals surface area contributed by atoms with E-state index in [0.717, 1.165) is 0 Å². The third-order valence-electron chi connectivity index (χ3n) is 3.97. The molecule has 1 saturated carbocycles. The van der Waals surface area contributed by atoms with E-state index in [0.29, 0.717) is 10.5 Å². The highest BCUT2D eigenvalue weighted by molar-refractivity contribution is 8.14. The molecule has 0 radical (unpaired) electrons. The van der Waals surface area contributed by atoms with Gasteiger partial charge < -0.3 is 5.11 Å². The number of carbonyl (C=O) groups is 2. The normalized spacial score (nSPS) is 18.8. The van der Waals surface area contributed by atoms with E-state index < -0.39 is 26.5 Å². The Morgan fingerprint density at radius 2 is 1.88 bits per heavy atom. The van der Waals surface area contributed by atoms with Gasteiger partial charge in [-0.25, -0.2) is 8.42 Å². The van der Waals surface area contributed by atoms with Gasteiger partial charge in [-0.2, -0.15) is 0 Å². The number of benzene rings is 1. The number of Topliss-reactive ketones (excluding diaryl/α,β-unsaturated/α-hetero) is 2. The van der Waals surface area contributed by atoms with Gasteiger partial charge in [-0.15, -0.1) is 11.8 Å². The van der Waals surface area contributed by atoms with E-state index in [1.165, 1.54) is 17.8 Å². The summed E-state index contributed by atoms with van der Waals surface area (Å²) in [5.41, 5.74) is 0.448. The minimum Gasteiger partial charge on any atom is -0.511 e. The van der Waals surface area contributed by atoms with Gasteiger partial charge in [0.1, 0.15) is 5.76 Å². The maximum absolute atomic E-state index is 12.2. The van der Waals surface area contributed by atoms with Crippen LogP contribution in [0.5, 0.6) is 0 Å². The maximum atomic E-state index is 12.2. The summed E-state index contributed by atoms with van der Waals surface area (Å²) in [4.78, 5) is 24.9. The van der Waals surface area contributed by atoms with Gasteiger partial charge in [-0.3, -0.25) is 9.59 Å². The van der Waals surface area contributed by atoms with Crippen LogP contribution in [0.4, 0.5) is 0 Å². The Kier molecular flexibility index (Phi) is 5.78. The molecule has 0 saturated heterocycles. The second kappa shape index (κ2) is 7.29. The molecule has 0 bridgehead atoms. The minimum absolute atomic E-state index is 0.0215. The fourth-order valence-corrected chi connectivity index (χ4v) is 4.90. The van der Waals surface area contributed by atoms with Crippen molar-refractivity contribution in [3.63, 3.8) is 0 Å². The molecule has 0 amide bonds. The number of hydrogen-bond donors (Lipinski definition) is 1. The zero-order valence-corrected chi connectivity index (χ0v) is 15.6. The first-order valence-corrected chi connectivity index (χ1v) is 10.8. The summed E-state index contributed by atoms with van der Waals surface area (Å²) in [7, 11) is 1.55. The lowest BCUT2D eigenvalue weighted by Gasteiger charge is -2.23. The molecule has 0 unspecified atom stereocenters. The Bertz CT molecular complexity index is 807. The van der Waals surface area contributed by atoms with Gasteiger partial charge in [-0.05, 0) is 29.9 Å². The van der Waals surface area contributed by atoms with Crippen molar-refractivity contribution in [3.05, 3.63) is 35.1 Å². The molecule has 1 fully saturated rings. The summed E-state index contributed by atoms with van der Waals surface area (Å²) in [6, 6.07) is 4.75. The molecule has 0 heterocycles. The molecule has 0 spiro atoms. The summed E-state index contributed by atoms with van der Waals surface area (Å²) in [5.74, 6) is -1.45. The summed E-state index contributed by atoms with van der Waals surface area (Å²) in [6.07, 6.45) is 2.05. The highest BCUT2D eigenvalue weighted by atomic mass is 35.7. The number of rotatable bonds is 4. The fraction of sp³-hybridized carbons (Fsp3) is 0.375. The van der Waals surface area contributed by atoms with E-state index in [-0.39, 0.29) is 35.5 Å². The Morgan fingerprint density at radius 3 is 2.33 bits per heavy atom. The predicted octanol–water partition coefficient (Wildman–Crippen LogP) is 3.57. The monoisotopic (exact) mass is 388 g/mol. The number of hydrogen-bond acceptors (Lipinski definition) is 6. The highest BCUT2D eigenvalue weighted by Gasteiger charge is 2.34. The number of thioether (sulfide) groups is 1. The van der Waals surface area contributed by atoms with Crippen molar-refractivity contribution in [1.29, 1.82) is 0 Å². The van der Waals surface area contributed by atoms with Crippen LogP contribution in [0.1, 0.15) is 37.7 Å². The highest BCUT2D eigenvalue weighted by Crippen LogP contribution is 2.36. The van der Waals surface area contributed by atoms with Gasteiger partial charge in [0.15, 0.2) is 11.6 Å². The van der Waals surface area contributed by atoms with Crippen LogP contribution in [0, 0.1) is 0 Å². The molecule has 2 rings (SSSR count). The molecular formula is C16H17ClO5S2. The van der Waals surface area contributed by atoms with E-state index in [1.54, 1.807) is 25.3 Å². The molecule has 130 valence electrons. The molecule has 1 aromatic rings. The molecule has 1 aliphatic carbocycles. The van der Waals surface area contributed by atoms with E-state index in [1.807, 2.05) is 0 Å². The number of aliphatic hydroxyl groups excluding tert-OH is 1. The van der Waals surface area contributed by atoms with Crippen LogP contribution in [-0.4, -0.2) is 31.3 Å². The first-order valence-electron chi connectivity index (χ1n) is 7.30. The molecule has 1 aliphatic rings. The van der Waals surface area contributed by atoms with Crippen molar-refractivity contribution >= 4 is 43.1 Å². The molecular weight excluding hydrogens is 372 g/mol. The van der Waals surface area contributed by atoms with Crippen LogP contribution in [0.2, 0.25) is 0 Å². The maximum Gasteiger partial charge on any atom is 0.262 e. The third kappa shape index (κ3) is 3.84. The lowest BCUT2D eigenvalue weighted by atomic mass is 9.79. The topological polar surface area (TPSA) is 88.5 Å². The van der Waals surface area contributed by atoms with Gasteiger partial charge in [0.2, 0.25) is 0 Å². The van der Waals surface area contributed by atoms with Crippen LogP contribution in [0.25, 0.3) is 0 Å². The Labute approximate surface area is 149 Å². The van der Waals surface area contributed by atoms with Crippen molar-refractivity contribution in [1.82, 2.24) is 0 Å². The minimum atomic E-state index is -3.93. The second-order valence-corrected chi connectivity index (χ2v) is 8.86. The molecule has 24 heavy (non-hydrogen) atoms. The second-order valence-electron chi connectivity index (χ2n) is 5.47. The van der Waals surface area contributed by atoms with Gasteiger partial charge in [0.05, 0.1) is 10.5 Å². The predicted molar refractivity (Wildman–Crippen MR) is 93.2 cm³/mol. The lowest BCUT2D eigenvalue weighted by molar-refractivity contribution is -0.124. The van der Waals surface area contributed by atoms with E-state index >= 15 is 0 Å². The van der Waals surface area contributed by atoms with E-state index in [2.05, 4.69) is 0 Å². The van der Waals surface area contributed by atoms with E-state index in [4.69, 9.17) is 10.7 Å². The summed E-state index contributed by atoms with van der Waals surface area (Å²) in [6.45, 7) is 1.66. The summed E-state index contributed by atoms with van der Waals surface area (Å²) < 4.78 is 23.5. The standard InChI is InChI=1S/C16H17ClO5S2/c1-3-11(18)16-12(19)6-10(7-13(16)20)9-4-5-14(23-2)15(8-9)24(17,21)22/h4-5,8,10,18H,3,6-7H2,1-2H3. The number of allylic oxidation sites excluding steroid dienone is 2. The largest absolute Gasteiger partial charge is 0.511 e. The van der Waals surface area contributed by atoms with Gasteiger partial charge in [-0.1, -0.05) is 13.0 Å². The molecule has 1 aromatic carbocycles. The lowest BCUT2D eigenvalue weighted by Crippen LogP contribution is -2.26. The number of aliphatic hydroxyl groups is 1. The molecule has 0 atom stereocenters. The molecule has 0 aromatic heterocycles. The Morgan fingerprint density at radius 1 is 1.29 bits per heavy atom. The third-order valence-corrected chi connectivity index (χ3v) is 6.25. The van der Waals surface area contributed by atoms with Crippen molar-refractivity contribution in [2.45, 2.75) is 41.9 Å². The van der Waals surface area contributed by atoms with E-state index in [9.17, 15) is 23.1 Å². The first kappa shape index (κ1) is 19.0. The average Bonchev–Trinajstić information content (AvgIpc) is 2.52. The fourth-order valence-electron chi connectivity index (χ4n) is 2.75. The van der Waals surface area contributed by atoms with Crippen LogP contribution in [0.15, 0.2) is 39.3 Å². The molecule has 5 nitrogen and oxygen atoms in total. The molecule has 0 aliphatic heterocycles. The molecule has 1 N–H and O–H groups in total. The first-order chi connectivity index (χ1) is 11.2. The Balaban J connectivity index is 2.42. The zero-order chi connectivity index (χ0) is 18.1. The van der Waals surface area contributed by atoms with Crippen LogP contribution in [0.3, 0.4) is 0 Å². The van der Waals surface area contributed by atoms with Crippen molar-refractivity contribution in [2.75, 3.05) is 6.26 Å². The van der Waals surface area contributed by atoms with Crippen molar-refractivity contribution < 1.29 is 23.1 Å². The number of halogens is 1. The number of ketones is 2. The van der Waals surface area contributed by atoms with Crippen LogP contribution >= 0.6 is 22.4 Å². The van der Waals surface area contributed by atoms with Gasteiger partial charge in [0, 0.05) is 34.8 Å². The van der Waals surface area contributed by atoms with Gasteiger partial charge >= 0.3 is 0 Å². The Hall–Kier alpha value is -1.31. The summed E-state index contributed by atoms with van der Waals surface area (Å²) in [5, 5.41) is 9.74. The number of carbonyl (C=O) groups excluding carboxylic acids is 2. The zero-order valence-electron chi connectivity index (χ0n) is 13.2. The summed E-state index contributed by atoms with van der Waals surface area (Å²) >= 11 is 1.25. The average molecular weight is 389 g/mol. The van der Waals surface area contributed by atoms with Crippen LogP contribution < -0.4 is 0 Å². The van der Waals surface area contributed by atoms with Crippen LogP contribution in [-0.2, 0) is 18.6 Å². The van der Waals surface area contributed by atoms with Crippen molar-refractivity contribution in [3.8, 4) is 0 Å². The smallest absolute Gasteiger partial charge is 0.262 e.